The summed E-state index contributed by atoms with van der Waals surface area (Å²) < 4.78 is 11.0. The fourth-order valence-electron chi connectivity index (χ4n) is 2.62. The number of ether oxygens (including phenoxy) is 2. The average Bonchev–Trinajstić information content (AvgIpc) is 2.79. The van der Waals surface area contributed by atoms with Crippen molar-refractivity contribution >= 4 is 5.97 Å². The normalized spacial score (nSPS) is 34.1. The molecule has 5 heteroatoms. The van der Waals surface area contributed by atoms with Gasteiger partial charge >= 0.3 is 5.97 Å². The van der Waals surface area contributed by atoms with Crippen molar-refractivity contribution in [1.82, 2.24) is 4.90 Å². The van der Waals surface area contributed by atoms with Gasteiger partial charge in [0.15, 0.2) is 0 Å². The van der Waals surface area contributed by atoms with Crippen LogP contribution in [0.2, 0.25) is 0 Å². The Hall–Kier alpha value is -0.650. The van der Waals surface area contributed by atoms with E-state index in [9.17, 15) is 4.79 Å². The lowest BCUT2D eigenvalue weighted by molar-refractivity contribution is -0.143. The molecular weight excluding hydrogens is 222 g/mol. The van der Waals surface area contributed by atoms with Gasteiger partial charge in [-0.15, -0.1) is 0 Å². The van der Waals surface area contributed by atoms with Crippen molar-refractivity contribution in [3.8, 4) is 0 Å². The van der Waals surface area contributed by atoms with Crippen molar-refractivity contribution in [2.75, 3.05) is 33.4 Å². The molecule has 2 aliphatic heterocycles. The number of hydrogen-bond donors (Lipinski definition) is 1. The van der Waals surface area contributed by atoms with Gasteiger partial charge in [-0.05, 0) is 26.3 Å². The molecular formula is C12H21NO4. The quantitative estimate of drug-likeness (QED) is 0.783. The molecule has 0 radical (unpaired) electrons. The zero-order valence-corrected chi connectivity index (χ0v) is 10.3. The van der Waals surface area contributed by atoms with Crippen molar-refractivity contribution in [1.29, 1.82) is 0 Å². The molecule has 0 aromatic carbocycles. The summed E-state index contributed by atoms with van der Waals surface area (Å²) in [5, 5.41) is 9.10. The van der Waals surface area contributed by atoms with E-state index in [4.69, 9.17) is 14.6 Å². The third-order valence-corrected chi connectivity index (χ3v) is 3.70. The molecule has 98 valence electrons. The number of rotatable bonds is 4. The molecule has 2 saturated heterocycles. The van der Waals surface area contributed by atoms with Gasteiger partial charge < -0.3 is 14.6 Å². The van der Waals surface area contributed by atoms with Crippen LogP contribution < -0.4 is 0 Å². The summed E-state index contributed by atoms with van der Waals surface area (Å²) in [7, 11) is 1.97. The number of carboxylic acid groups (broad SMARTS) is 1. The van der Waals surface area contributed by atoms with Gasteiger partial charge in [0.1, 0.15) is 0 Å². The molecule has 2 rings (SSSR count). The maximum Gasteiger partial charge on any atom is 0.310 e. The van der Waals surface area contributed by atoms with Crippen LogP contribution in [0.5, 0.6) is 0 Å². The SMILES string of the molecule is CN(CC1CCCCO1)C1COCC1C(=O)O. The molecule has 0 aromatic heterocycles. The highest BCUT2D eigenvalue weighted by atomic mass is 16.5. The van der Waals surface area contributed by atoms with E-state index < -0.39 is 11.9 Å². The van der Waals surface area contributed by atoms with E-state index in [0.29, 0.717) is 13.2 Å². The fourth-order valence-corrected chi connectivity index (χ4v) is 2.62. The van der Waals surface area contributed by atoms with E-state index in [1.54, 1.807) is 0 Å². The zero-order chi connectivity index (χ0) is 12.3. The molecule has 0 spiro atoms. The van der Waals surface area contributed by atoms with Crippen LogP contribution in [0.15, 0.2) is 0 Å². The standard InChI is InChI=1S/C12H21NO4/c1-13(6-9-4-2-3-5-17-9)11-8-16-7-10(11)12(14)15/h9-11H,2-8H2,1H3,(H,14,15). The van der Waals surface area contributed by atoms with E-state index in [-0.39, 0.29) is 12.1 Å². The predicted octanol–water partition coefficient (Wildman–Crippen LogP) is 0.587. The Bertz CT molecular complexity index is 265. The number of carboxylic acids is 1. The maximum atomic E-state index is 11.1. The largest absolute Gasteiger partial charge is 0.481 e. The lowest BCUT2D eigenvalue weighted by Gasteiger charge is -2.31. The number of likely N-dealkylation sites (N-methyl/N-ethyl adjacent to an activating group) is 1. The minimum atomic E-state index is -0.760. The monoisotopic (exact) mass is 243 g/mol. The van der Waals surface area contributed by atoms with Crippen LogP contribution in [0.3, 0.4) is 0 Å². The van der Waals surface area contributed by atoms with Crippen LogP contribution in [0, 0.1) is 5.92 Å². The summed E-state index contributed by atoms with van der Waals surface area (Å²) in [6.07, 6.45) is 3.69. The molecule has 2 fully saturated rings. The van der Waals surface area contributed by atoms with Crippen molar-refractivity contribution in [3.05, 3.63) is 0 Å². The summed E-state index contributed by atoms with van der Waals surface area (Å²) in [5.41, 5.74) is 0. The van der Waals surface area contributed by atoms with Gasteiger partial charge in [-0.3, -0.25) is 9.69 Å². The van der Waals surface area contributed by atoms with Crippen molar-refractivity contribution < 1.29 is 19.4 Å². The fraction of sp³-hybridized carbons (Fsp3) is 0.917. The van der Waals surface area contributed by atoms with Gasteiger partial charge in [-0.2, -0.15) is 0 Å². The van der Waals surface area contributed by atoms with Crippen LogP contribution in [-0.2, 0) is 14.3 Å². The highest BCUT2D eigenvalue weighted by Crippen LogP contribution is 2.21. The van der Waals surface area contributed by atoms with Gasteiger partial charge in [0.2, 0.25) is 0 Å². The number of carbonyl (C=O) groups is 1. The highest BCUT2D eigenvalue weighted by molar-refractivity contribution is 5.71. The smallest absolute Gasteiger partial charge is 0.310 e. The summed E-state index contributed by atoms with van der Waals surface area (Å²) in [6, 6.07) is -0.0157. The van der Waals surface area contributed by atoms with E-state index in [1.807, 2.05) is 7.05 Å². The van der Waals surface area contributed by atoms with E-state index >= 15 is 0 Å². The Morgan fingerprint density at radius 2 is 2.24 bits per heavy atom. The first-order valence-corrected chi connectivity index (χ1v) is 6.31. The molecule has 3 unspecified atom stereocenters. The Labute approximate surface area is 102 Å². The van der Waals surface area contributed by atoms with Crippen molar-refractivity contribution in [2.45, 2.75) is 31.4 Å². The minimum absolute atomic E-state index is 0.0157. The van der Waals surface area contributed by atoms with Gasteiger partial charge in [0.25, 0.3) is 0 Å². The lowest BCUT2D eigenvalue weighted by Crippen LogP contribution is -2.45. The Balaban J connectivity index is 1.85. The molecule has 5 nitrogen and oxygen atoms in total. The molecule has 0 saturated carbocycles. The van der Waals surface area contributed by atoms with E-state index in [2.05, 4.69) is 4.90 Å². The molecule has 0 bridgehead atoms. The molecule has 0 aromatic rings. The number of nitrogens with zero attached hydrogens (tertiary/aromatic N) is 1. The Morgan fingerprint density at radius 3 is 2.88 bits per heavy atom. The summed E-state index contributed by atoms with van der Waals surface area (Å²) in [6.45, 7) is 2.48. The topological polar surface area (TPSA) is 59.0 Å². The summed E-state index contributed by atoms with van der Waals surface area (Å²) >= 11 is 0. The first-order chi connectivity index (χ1) is 8.18. The molecule has 0 aliphatic carbocycles. The second-order valence-corrected chi connectivity index (χ2v) is 4.98. The molecule has 17 heavy (non-hydrogen) atoms. The van der Waals surface area contributed by atoms with Gasteiger partial charge in [-0.25, -0.2) is 0 Å². The van der Waals surface area contributed by atoms with Gasteiger partial charge in [0, 0.05) is 19.2 Å². The van der Waals surface area contributed by atoms with E-state index in [1.165, 1.54) is 6.42 Å². The van der Waals surface area contributed by atoms with Crippen molar-refractivity contribution in [3.63, 3.8) is 0 Å². The first kappa shape index (κ1) is 12.8. The molecule has 2 aliphatic rings. The second kappa shape index (κ2) is 5.80. The Kier molecular flexibility index (Phi) is 4.36. The Morgan fingerprint density at radius 1 is 1.41 bits per heavy atom. The number of aliphatic carboxylic acids is 1. The highest BCUT2D eigenvalue weighted by Gasteiger charge is 2.37. The van der Waals surface area contributed by atoms with Gasteiger partial charge in [0.05, 0.1) is 25.2 Å². The maximum absolute atomic E-state index is 11.1. The minimum Gasteiger partial charge on any atom is -0.481 e. The first-order valence-electron chi connectivity index (χ1n) is 6.31. The zero-order valence-electron chi connectivity index (χ0n) is 10.3. The van der Waals surface area contributed by atoms with Crippen LogP contribution in [0.1, 0.15) is 19.3 Å². The molecule has 3 atom stereocenters. The predicted molar refractivity (Wildman–Crippen MR) is 62.0 cm³/mol. The number of hydrogen-bond acceptors (Lipinski definition) is 4. The summed E-state index contributed by atoms with van der Waals surface area (Å²) in [4.78, 5) is 13.2. The average molecular weight is 243 g/mol. The van der Waals surface area contributed by atoms with Crippen LogP contribution in [0.25, 0.3) is 0 Å². The second-order valence-electron chi connectivity index (χ2n) is 4.98. The molecule has 2 heterocycles. The molecule has 0 amide bonds. The third-order valence-electron chi connectivity index (χ3n) is 3.70. The molecule has 1 N–H and O–H groups in total. The third kappa shape index (κ3) is 3.18. The van der Waals surface area contributed by atoms with Crippen LogP contribution in [-0.4, -0.2) is 61.5 Å². The van der Waals surface area contributed by atoms with Crippen LogP contribution >= 0.6 is 0 Å². The van der Waals surface area contributed by atoms with Gasteiger partial charge in [-0.1, -0.05) is 0 Å². The van der Waals surface area contributed by atoms with Crippen molar-refractivity contribution in [2.24, 2.45) is 5.92 Å². The summed E-state index contributed by atoms with van der Waals surface area (Å²) in [5.74, 6) is -1.16. The van der Waals surface area contributed by atoms with E-state index in [0.717, 1.165) is 26.0 Å². The lowest BCUT2D eigenvalue weighted by atomic mass is 10.0. The van der Waals surface area contributed by atoms with Crippen LogP contribution in [0.4, 0.5) is 0 Å².